The van der Waals surface area contributed by atoms with Gasteiger partial charge in [0.25, 0.3) is 11.8 Å². The number of esters is 1. The number of rotatable bonds is 9. The maximum Gasteiger partial charge on any atom is 0.310 e. The summed E-state index contributed by atoms with van der Waals surface area (Å²) in [5.41, 5.74) is 2.61. The van der Waals surface area contributed by atoms with Crippen molar-refractivity contribution in [2.45, 2.75) is 77.5 Å². The number of benzene rings is 3. The van der Waals surface area contributed by atoms with Gasteiger partial charge in [0.05, 0.1) is 36.0 Å². The molecule has 0 saturated carbocycles. The summed E-state index contributed by atoms with van der Waals surface area (Å²) in [6.07, 6.45) is 4.98. The zero-order chi connectivity index (χ0) is 33.8. The van der Waals surface area contributed by atoms with Crippen molar-refractivity contribution in [2.24, 2.45) is 0 Å². The first-order valence-electron chi connectivity index (χ1n) is 16.6. The van der Waals surface area contributed by atoms with Gasteiger partial charge in [-0.1, -0.05) is 18.2 Å². The zero-order valence-corrected chi connectivity index (χ0v) is 27.7. The Hall–Kier alpha value is -4.77. The van der Waals surface area contributed by atoms with E-state index in [4.69, 9.17) is 14.6 Å². The summed E-state index contributed by atoms with van der Waals surface area (Å²) in [6, 6.07) is 16.7. The number of aromatic nitrogens is 2. The van der Waals surface area contributed by atoms with Crippen molar-refractivity contribution in [3.63, 3.8) is 0 Å². The third-order valence-corrected chi connectivity index (χ3v) is 8.55. The molecule has 0 aliphatic carbocycles. The lowest BCUT2D eigenvalue weighted by atomic mass is 10.1. The van der Waals surface area contributed by atoms with Crippen molar-refractivity contribution >= 4 is 45.7 Å². The highest BCUT2D eigenvalue weighted by atomic mass is 19.1. The van der Waals surface area contributed by atoms with Crippen molar-refractivity contribution in [1.29, 1.82) is 0 Å². The normalized spacial score (nSPS) is 16.6. The number of hydrogen-bond donors (Lipinski definition) is 2. The van der Waals surface area contributed by atoms with Gasteiger partial charge in [0, 0.05) is 36.3 Å². The summed E-state index contributed by atoms with van der Waals surface area (Å²) < 4.78 is 27.3. The number of anilines is 3. The molecular weight excluding hydrogens is 613 g/mol. The van der Waals surface area contributed by atoms with Crippen molar-refractivity contribution in [3.05, 3.63) is 83.3 Å². The van der Waals surface area contributed by atoms with Crippen LogP contribution >= 0.6 is 0 Å². The minimum Gasteiger partial charge on any atom is -0.460 e. The summed E-state index contributed by atoms with van der Waals surface area (Å²) in [7, 11) is 0. The Morgan fingerprint density at radius 1 is 0.938 bits per heavy atom. The molecule has 2 amide bonds. The van der Waals surface area contributed by atoms with E-state index in [1.807, 2.05) is 35.0 Å². The summed E-state index contributed by atoms with van der Waals surface area (Å²) in [5.74, 6) is -1.93. The number of ether oxygens (including phenoxy) is 2. The maximum absolute atomic E-state index is 14.2. The van der Waals surface area contributed by atoms with Crippen molar-refractivity contribution in [2.75, 3.05) is 35.2 Å². The smallest absolute Gasteiger partial charge is 0.310 e. The topological polar surface area (TPSA) is 115 Å². The van der Waals surface area contributed by atoms with E-state index in [0.717, 1.165) is 68.4 Å². The van der Waals surface area contributed by atoms with E-state index in [9.17, 15) is 18.8 Å². The second-order valence-corrected chi connectivity index (χ2v) is 13.4. The quantitative estimate of drug-likeness (QED) is 0.192. The minimum absolute atomic E-state index is 0.0517. The van der Waals surface area contributed by atoms with Gasteiger partial charge < -0.3 is 25.0 Å². The van der Waals surface area contributed by atoms with Gasteiger partial charge in [0.2, 0.25) is 0 Å². The Morgan fingerprint density at radius 3 is 2.46 bits per heavy atom. The van der Waals surface area contributed by atoms with Crippen LogP contribution in [0.3, 0.4) is 0 Å². The van der Waals surface area contributed by atoms with Crippen LogP contribution < -0.4 is 15.5 Å². The summed E-state index contributed by atoms with van der Waals surface area (Å²) in [4.78, 5) is 42.3. The Kier molecular flexibility index (Phi) is 9.77. The molecule has 0 spiro atoms. The molecule has 3 aromatic carbocycles. The molecule has 4 aromatic rings. The molecule has 0 radical (unpaired) electrons. The highest BCUT2D eigenvalue weighted by Gasteiger charge is 2.25. The van der Waals surface area contributed by atoms with Crippen LogP contribution in [0.4, 0.5) is 21.5 Å². The molecule has 2 fully saturated rings. The lowest BCUT2D eigenvalue weighted by Crippen LogP contribution is -2.30. The molecule has 1 atom stereocenters. The maximum atomic E-state index is 14.2. The van der Waals surface area contributed by atoms with E-state index in [2.05, 4.69) is 15.5 Å². The molecular formula is C37H42FN5O5. The second-order valence-electron chi connectivity index (χ2n) is 13.4. The SMILES string of the molecule is CC(C)(C)OC(=O)Cc1cc(F)ccc1NC(=O)c1ccc(N2CCCCC2)c(NC(=O)c2nn(CC3CCCO3)c3ccccc23)c1. The number of halogens is 1. The molecule has 10 nitrogen and oxygen atoms in total. The highest BCUT2D eigenvalue weighted by molar-refractivity contribution is 6.13. The van der Waals surface area contributed by atoms with Gasteiger partial charge >= 0.3 is 5.97 Å². The molecule has 48 heavy (non-hydrogen) atoms. The minimum atomic E-state index is -0.709. The molecule has 11 heteroatoms. The molecule has 2 aliphatic rings. The third kappa shape index (κ3) is 7.84. The standard InChI is InChI=1S/C37H42FN5O5/c1-37(2,3)48-33(44)22-25-20-26(38)14-15-29(25)39-35(45)24-13-16-32(42-17-7-4-8-18-42)30(21-24)40-36(46)34-28-11-5-6-12-31(28)43(41-34)23-27-10-9-19-47-27/h5-6,11-16,20-21,27H,4,7-10,17-19,22-23H2,1-3H3,(H,39,45)(H,40,46). The van der Waals surface area contributed by atoms with Crippen molar-refractivity contribution in [3.8, 4) is 0 Å². The fraction of sp³-hybridized carbons (Fsp3) is 0.405. The van der Waals surface area contributed by atoms with E-state index in [1.54, 1.807) is 32.9 Å². The fourth-order valence-corrected chi connectivity index (χ4v) is 6.34. The molecule has 2 aliphatic heterocycles. The largest absolute Gasteiger partial charge is 0.460 e. The van der Waals surface area contributed by atoms with Gasteiger partial charge in [-0.05, 0) is 101 Å². The van der Waals surface area contributed by atoms with Gasteiger partial charge in [-0.3, -0.25) is 19.1 Å². The van der Waals surface area contributed by atoms with Crippen LogP contribution in [-0.2, 0) is 27.2 Å². The van der Waals surface area contributed by atoms with Crippen LogP contribution in [0.2, 0.25) is 0 Å². The van der Waals surface area contributed by atoms with E-state index in [0.29, 0.717) is 29.2 Å². The average Bonchev–Trinajstić information content (AvgIpc) is 3.70. The molecule has 1 unspecified atom stereocenters. The van der Waals surface area contributed by atoms with Crippen LogP contribution in [-0.4, -0.2) is 59.0 Å². The number of carbonyl (C=O) groups excluding carboxylic acids is 3. The summed E-state index contributed by atoms with van der Waals surface area (Å²) in [6.45, 7) is 8.20. The number of fused-ring (bicyclic) bond motifs is 1. The Bertz CT molecular complexity index is 1820. The Morgan fingerprint density at radius 2 is 1.71 bits per heavy atom. The van der Waals surface area contributed by atoms with Crippen LogP contribution in [0, 0.1) is 5.82 Å². The second kappa shape index (κ2) is 14.1. The molecule has 0 bridgehead atoms. The van der Waals surface area contributed by atoms with Gasteiger partial charge in [-0.25, -0.2) is 4.39 Å². The lowest BCUT2D eigenvalue weighted by Gasteiger charge is -2.30. The van der Waals surface area contributed by atoms with Crippen LogP contribution in [0.15, 0.2) is 60.7 Å². The number of hydrogen-bond acceptors (Lipinski definition) is 7. The first kappa shape index (κ1) is 33.1. The average molecular weight is 656 g/mol. The van der Waals surface area contributed by atoms with Gasteiger partial charge in [-0.15, -0.1) is 0 Å². The molecule has 2 saturated heterocycles. The fourth-order valence-electron chi connectivity index (χ4n) is 6.34. The first-order valence-corrected chi connectivity index (χ1v) is 16.6. The van der Waals surface area contributed by atoms with E-state index in [1.165, 1.54) is 18.2 Å². The number of para-hydroxylation sites is 1. The Balaban J connectivity index is 1.28. The number of nitrogens with one attached hydrogen (secondary N) is 2. The van der Waals surface area contributed by atoms with Crippen LogP contribution in [0.25, 0.3) is 10.9 Å². The number of amides is 2. The van der Waals surface area contributed by atoms with Gasteiger partial charge in [-0.2, -0.15) is 5.10 Å². The van der Waals surface area contributed by atoms with Gasteiger partial charge in [0.15, 0.2) is 5.69 Å². The molecule has 6 rings (SSSR count). The Labute approximate surface area is 279 Å². The predicted molar refractivity (Wildman–Crippen MR) is 183 cm³/mol. The number of nitrogens with zero attached hydrogens (tertiary/aromatic N) is 3. The number of piperidine rings is 1. The first-order chi connectivity index (χ1) is 23.0. The summed E-state index contributed by atoms with van der Waals surface area (Å²) >= 11 is 0. The van der Waals surface area contributed by atoms with E-state index < -0.39 is 23.3 Å². The molecule has 3 heterocycles. The van der Waals surface area contributed by atoms with E-state index in [-0.39, 0.29) is 24.0 Å². The third-order valence-electron chi connectivity index (χ3n) is 8.55. The molecule has 252 valence electrons. The predicted octanol–water partition coefficient (Wildman–Crippen LogP) is 6.73. The lowest BCUT2D eigenvalue weighted by molar-refractivity contribution is -0.153. The number of carbonyl (C=O) groups is 3. The van der Waals surface area contributed by atoms with Crippen molar-refractivity contribution < 1.29 is 28.2 Å². The highest BCUT2D eigenvalue weighted by Crippen LogP contribution is 2.32. The molecule has 2 N–H and O–H groups in total. The van der Waals surface area contributed by atoms with E-state index >= 15 is 0 Å². The van der Waals surface area contributed by atoms with Crippen LogP contribution in [0.1, 0.15) is 79.3 Å². The van der Waals surface area contributed by atoms with Gasteiger partial charge in [0.1, 0.15) is 11.4 Å². The van der Waals surface area contributed by atoms with Crippen molar-refractivity contribution in [1.82, 2.24) is 9.78 Å². The summed E-state index contributed by atoms with van der Waals surface area (Å²) in [5, 5.41) is 11.4. The zero-order valence-electron chi connectivity index (χ0n) is 27.7. The van der Waals surface area contributed by atoms with Crippen LogP contribution in [0.5, 0.6) is 0 Å². The monoisotopic (exact) mass is 655 g/mol. The molecule has 1 aromatic heterocycles.